The molecule has 0 bridgehead atoms. The van der Waals surface area contributed by atoms with Gasteiger partial charge in [0.1, 0.15) is 17.2 Å². The minimum Gasteiger partial charge on any atom is -0.497 e. The molecule has 0 radical (unpaired) electrons. The van der Waals surface area contributed by atoms with Crippen LogP contribution in [0, 0.1) is 0 Å². The first-order chi connectivity index (χ1) is 11.6. The molecule has 0 spiro atoms. The summed E-state index contributed by atoms with van der Waals surface area (Å²) in [6, 6.07) is 12.9. The molecule has 24 heavy (non-hydrogen) atoms. The van der Waals surface area contributed by atoms with E-state index in [1.54, 1.807) is 21.3 Å². The van der Waals surface area contributed by atoms with Crippen molar-refractivity contribution in [3.63, 3.8) is 0 Å². The van der Waals surface area contributed by atoms with Crippen molar-refractivity contribution in [1.82, 2.24) is 5.32 Å². The fraction of sp³-hybridized carbons (Fsp3) is 0.316. The van der Waals surface area contributed by atoms with Crippen LogP contribution >= 0.6 is 0 Å². The zero-order valence-electron chi connectivity index (χ0n) is 14.5. The number of methoxy groups -OCH3 is 3. The van der Waals surface area contributed by atoms with Gasteiger partial charge in [0.05, 0.1) is 33.8 Å². The second-order valence-electron chi connectivity index (χ2n) is 5.42. The highest BCUT2D eigenvalue weighted by atomic mass is 16.5. The van der Waals surface area contributed by atoms with Crippen molar-refractivity contribution in [3.8, 4) is 17.2 Å². The predicted molar refractivity (Wildman–Crippen MR) is 92.8 cm³/mol. The summed E-state index contributed by atoms with van der Waals surface area (Å²) in [5, 5.41) is 2.99. The van der Waals surface area contributed by atoms with E-state index in [9.17, 15) is 4.79 Å². The van der Waals surface area contributed by atoms with Gasteiger partial charge < -0.3 is 19.5 Å². The van der Waals surface area contributed by atoms with Crippen LogP contribution in [0.2, 0.25) is 0 Å². The summed E-state index contributed by atoms with van der Waals surface area (Å²) in [5.41, 5.74) is 1.84. The Kier molecular flexibility index (Phi) is 6.07. The van der Waals surface area contributed by atoms with Crippen molar-refractivity contribution in [2.45, 2.75) is 19.4 Å². The first kappa shape index (κ1) is 17.7. The number of amides is 1. The molecule has 0 fully saturated rings. The van der Waals surface area contributed by atoms with Crippen LogP contribution in [-0.4, -0.2) is 27.2 Å². The van der Waals surface area contributed by atoms with E-state index in [4.69, 9.17) is 14.2 Å². The molecule has 128 valence electrons. The van der Waals surface area contributed by atoms with Crippen LogP contribution in [-0.2, 0) is 11.2 Å². The van der Waals surface area contributed by atoms with E-state index in [0.29, 0.717) is 17.9 Å². The van der Waals surface area contributed by atoms with E-state index in [1.165, 1.54) is 0 Å². The number of rotatable bonds is 7. The molecule has 1 N–H and O–H groups in total. The molecule has 0 aliphatic rings. The molecule has 2 aromatic carbocycles. The zero-order valence-corrected chi connectivity index (χ0v) is 14.5. The summed E-state index contributed by atoms with van der Waals surface area (Å²) >= 11 is 0. The second-order valence-corrected chi connectivity index (χ2v) is 5.42. The Morgan fingerprint density at radius 2 is 1.58 bits per heavy atom. The lowest BCUT2D eigenvalue weighted by atomic mass is 10.1. The second kappa shape index (κ2) is 8.24. The standard InChI is InChI=1S/C19H23NO4/c1-13(17-10-9-16(23-3)12-18(17)24-4)20-19(21)11-14-5-7-15(22-2)8-6-14/h5-10,12-13H,11H2,1-4H3,(H,20,21). The Bertz CT molecular complexity index is 682. The molecular formula is C19H23NO4. The predicted octanol–water partition coefficient (Wildman–Crippen LogP) is 3.13. The van der Waals surface area contributed by atoms with Gasteiger partial charge in [0, 0.05) is 11.6 Å². The van der Waals surface area contributed by atoms with E-state index >= 15 is 0 Å². The molecule has 2 rings (SSSR count). The largest absolute Gasteiger partial charge is 0.497 e. The maximum absolute atomic E-state index is 12.3. The average molecular weight is 329 g/mol. The highest BCUT2D eigenvalue weighted by Crippen LogP contribution is 2.29. The van der Waals surface area contributed by atoms with Crippen LogP contribution in [0.5, 0.6) is 17.2 Å². The molecule has 5 heteroatoms. The van der Waals surface area contributed by atoms with Crippen molar-refractivity contribution >= 4 is 5.91 Å². The number of benzene rings is 2. The number of ether oxygens (including phenoxy) is 3. The van der Waals surface area contributed by atoms with Gasteiger partial charge in [-0.2, -0.15) is 0 Å². The highest BCUT2D eigenvalue weighted by Gasteiger charge is 2.15. The van der Waals surface area contributed by atoms with Gasteiger partial charge in [-0.25, -0.2) is 0 Å². The molecule has 2 aromatic rings. The van der Waals surface area contributed by atoms with Crippen LogP contribution in [0.25, 0.3) is 0 Å². The SMILES string of the molecule is COc1ccc(CC(=O)NC(C)c2ccc(OC)cc2OC)cc1. The van der Waals surface area contributed by atoms with Crippen LogP contribution in [0.3, 0.4) is 0 Å². The van der Waals surface area contributed by atoms with Crippen molar-refractivity contribution in [2.24, 2.45) is 0 Å². The molecule has 1 atom stereocenters. The monoisotopic (exact) mass is 329 g/mol. The summed E-state index contributed by atoms with van der Waals surface area (Å²) < 4.78 is 15.7. The van der Waals surface area contributed by atoms with Gasteiger partial charge in [-0.3, -0.25) is 4.79 Å². The highest BCUT2D eigenvalue weighted by molar-refractivity contribution is 5.79. The molecule has 5 nitrogen and oxygen atoms in total. The summed E-state index contributed by atoms with van der Waals surface area (Å²) in [6.07, 6.45) is 0.312. The Morgan fingerprint density at radius 3 is 2.17 bits per heavy atom. The summed E-state index contributed by atoms with van der Waals surface area (Å²) in [7, 11) is 4.82. The van der Waals surface area contributed by atoms with Gasteiger partial charge in [0.2, 0.25) is 5.91 Å². The molecule has 1 unspecified atom stereocenters. The van der Waals surface area contributed by atoms with E-state index in [2.05, 4.69) is 5.32 Å². The van der Waals surface area contributed by atoms with Crippen LogP contribution in [0.1, 0.15) is 24.1 Å². The molecule has 0 aliphatic heterocycles. The topological polar surface area (TPSA) is 56.8 Å². The first-order valence-corrected chi connectivity index (χ1v) is 7.71. The average Bonchev–Trinajstić information content (AvgIpc) is 2.61. The maximum Gasteiger partial charge on any atom is 0.224 e. The van der Waals surface area contributed by atoms with Gasteiger partial charge in [-0.05, 0) is 36.8 Å². The van der Waals surface area contributed by atoms with Gasteiger partial charge in [-0.1, -0.05) is 12.1 Å². The lowest BCUT2D eigenvalue weighted by molar-refractivity contribution is -0.121. The van der Waals surface area contributed by atoms with Gasteiger partial charge in [-0.15, -0.1) is 0 Å². The number of hydrogen-bond donors (Lipinski definition) is 1. The molecular weight excluding hydrogens is 306 g/mol. The van der Waals surface area contributed by atoms with Gasteiger partial charge >= 0.3 is 0 Å². The quantitative estimate of drug-likeness (QED) is 0.848. The van der Waals surface area contributed by atoms with Gasteiger partial charge in [0.25, 0.3) is 0 Å². The molecule has 0 aromatic heterocycles. The first-order valence-electron chi connectivity index (χ1n) is 7.71. The van der Waals surface area contributed by atoms with Crippen molar-refractivity contribution in [2.75, 3.05) is 21.3 Å². The number of nitrogens with one attached hydrogen (secondary N) is 1. The minimum atomic E-state index is -0.170. The Morgan fingerprint density at radius 1 is 0.958 bits per heavy atom. The number of hydrogen-bond acceptors (Lipinski definition) is 4. The fourth-order valence-electron chi connectivity index (χ4n) is 2.48. The maximum atomic E-state index is 12.3. The van der Waals surface area contributed by atoms with E-state index in [-0.39, 0.29) is 11.9 Å². The lowest BCUT2D eigenvalue weighted by Crippen LogP contribution is -2.28. The molecule has 0 saturated carbocycles. The molecule has 0 saturated heterocycles. The fourth-order valence-corrected chi connectivity index (χ4v) is 2.48. The van der Waals surface area contributed by atoms with E-state index in [0.717, 1.165) is 16.9 Å². The minimum absolute atomic E-state index is 0.0504. The Labute approximate surface area is 142 Å². The van der Waals surface area contributed by atoms with E-state index in [1.807, 2.05) is 49.4 Å². The van der Waals surface area contributed by atoms with Crippen LogP contribution < -0.4 is 19.5 Å². The third kappa shape index (κ3) is 4.41. The van der Waals surface area contributed by atoms with Crippen LogP contribution in [0.4, 0.5) is 0 Å². The smallest absolute Gasteiger partial charge is 0.224 e. The molecule has 1 amide bonds. The van der Waals surface area contributed by atoms with Crippen molar-refractivity contribution < 1.29 is 19.0 Å². The third-order valence-electron chi connectivity index (χ3n) is 3.81. The summed E-state index contributed by atoms with van der Waals surface area (Å²) in [4.78, 5) is 12.3. The van der Waals surface area contributed by atoms with Gasteiger partial charge in [0.15, 0.2) is 0 Å². The van der Waals surface area contributed by atoms with E-state index < -0.39 is 0 Å². The van der Waals surface area contributed by atoms with Crippen molar-refractivity contribution in [3.05, 3.63) is 53.6 Å². The number of carbonyl (C=O) groups excluding carboxylic acids is 1. The van der Waals surface area contributed by atoms with Crippen LogP contribution in [0.15, 0.2) is 42.5 Å². The molecule has 0 aliphatic carbocycles. The Hall–Kier alpha value is -2.69. The normalized spacial score (nSPS) is 11.5. The zero-order chi connectivity index (χ0) is 17.5. The number of carbonyl (C=O) groups is 1. The summed E-state index contributed by atoms with van der Waals surface area (Å²) in [6.45, 7) is 1.93. The lowest BCUT2D eigenvalue weighted by Gasteiger charge is -2.18. The van der Waals surface area contributed by atoms with Crippen molar-refractivity contribution in [1.29, 1.82) is 0 Å². The summed E-state index contributed by atoms with van der Waals surface area (Å²) in [5.74, 6) is 2.12. The molecule has 0 heterocycles. The third-order valence-corrected chi connectivity index (χ3v) is 3.81. The Balaban J connectivity index is 2.02.